The quantitative estimate of drug-likeness (QED) is 0.789. The van der Waals surface area contributed by atoms with Crippen molar-refractivity contribution in [3.8, 4) is 11.5 Å². The van der Waals surface area contributed by atoms with E-state index in [-0.39, 0.29) is 28.9 Å². The lowest BCUT2D eigenvalue weighted by Crippen LogP contribution is -2.59. The Kier molecular flexibility index (Phi) is 4.81. The summed E-state index contributed by atoms with van der Waals surface area (Å²) in [5, 5.41) is 3.50. The fraction of sp³-hybridized carbons (Fsp3) is 0.720. The van der Waals surface area contributed by atoms with Gasteiger partial charge in [-0.2, -0.15) is 0 Å². The molecule has 4 aliphatic rings. The van der Waals surface area contributed by atoms with Gasteiger partial charge in [0.05, 0.1) is 6.10 Å². The Hall–Kier alpha value is -1.75. The maximum absolute atomic E-state index is 12.8. The van der Waals surface area contributed by atoms with Gasteiger partial charge in [0.2, 0.25) is 5.91 Å². The number of benzene rings is 1. The van der Waals surface area contributed by atoms with Crippen LogP contribution in [0.15, 0.2) is 18.2 Å². The SMILES string of the molecule is CC(C)CC(=O)N[C@@H]1C(C)(C)[C@@H]2C[C@@H]3[C@@H](c4ccc5c(c4)OCCO5)OCC[C@@]31C2. The van der Waals surface area contributed by atoms with Crippen molar-refractivity contribution in [3.63, 3.8) is 0 Å². The molecule has 5 heteroatoms. The van der Waals surface area contributed by atoms with Gasteiger partial charge in [-0.1, -0.05) is 33.8 Å². The molecule has 2 aliphatic carbocycles. The molecule has 5 atom stereocenters. The molecule has 5 nitrogen and oxygen atoms in total. The van der Waals surface area contributed by atoms with E-state index in [1.165, 1.54) is 18.4 Å². The Morgan fingerprint density at radius 2 is 1.93 bits per heavy atom. The number of hydrogen-bond acceptors (Lipinski definition) is 4. The van der Waals surface area contributed by atoms with E-state index >= 15 is 0 Å². The van der Waals surface area contributed by atoms with Gasteiger partial charge < -0.3 is 19.5 Å². The molecule has 0 aromatic heterocycles. The maximum atomic E-state index is 12.8. The van der Waals surface area contributed by atoms with Crippen LogP contribution in [0.4, 0.5) is 0 Å². The molecule has 1 amide bonds. The fourth-order valence-electron chi connectivity index (χ4n) is 6.94. The number of fused-ring (bicyclic) bond motifs is 2. The van der Waals surface area contributed by atoms with Crippen LogP contribution in [-0.4, -0.2) is 31.8 Å². The molecular formula is C25H35NO4. The van der Waals surface area contributed by atoms with Gasteiger partial charge in [0.15, 0.2) is 11.5 Å². The minimum absolute atomic E-state index is 0.0557. The Morgan fingerprint density at radius 3 is 2.70 bits per heavy atom. The highest BCUT2D eigenvalue weighted by Crippen LogP contribution is 2.70. The highest BCUT2D eigenvalue weighted by molar-refractivity contribution is 5.76. The summed E-state index contributed by atoms with van der Waals surface area (Å²) in [6.07, 6.45) is 4.05. The second-order valence-electron chi connectivity index (χ2n) is 10.8. The van der Waals surface area contributed by atoms with E-state index in [4.69, 9.17) is 14.2 Å². The second kappa shape index (κ2) is 7.15. The van der Waals surface area contributed by atoms with Crippen LogP contribution in [0.25, 0.3) is 0 Å². The van der Waals surface area contributed by atoms with E-state index in [2.05, 4.69) is 45.1 Å². The highest BCUT2D eigenvalue weighted by Gasteiger charge is 2.68. The maximum Gasteiger partial charge on any atom is 0.220 e. The highest BCUT2D eigenvalue weighted by atomic mass is 16.6. The minimum Gasteiger partial charge on any atom is -0.486 e. The summed E-state index contributed by atoms with van der Waals surface area (Å²) in [5.74, 6) is 3.27. The van der Waals surface area contributed by atoms with Gasteiger partial charge in [0.25, 0.3) is 0 Å². The molecule has 0 unspecified atom stereocenters. The molecular weight excluding hydrogens is 378 g/mol. The zero-order valence-electron chi connectivity index (χ0n) is 18.7. The lowest BCUT2D eigenvalue weighted by molar-refractivity contribution is -0.137. The van der Waals surface area contributed by atoms with E-state index < -0.39 is 0 Å². The van der Waals surface area contributed by atoms with Crippen LogP contribution >= 0.6 is 0 Å². The van der Waals surface area contributed by atoms with Crippen molar-refractivity contribution in [2.75, 3.05) is 19.8 Å². The zero-order chi connectivity index (χ0) is 21.1. The lowest BCUT2D eigenvalue weighted by atomic mass is 9.58. The summed E-state index contributed by atoms with van der Waals surface area (Å²) in [6.45, 7) is 10.9. The second-order valence-corrected chi connectivity index (χ2v) is 10.8. The average molecular weight is 414 g/mol. The normalized spacial score (nSPS) is 35.9. The van der Waals surface area contributed by atoms with Crippen molar-refractivity contribution in [2.24, 2.45) is 28.6 Å². The molecule has 3 fully saturated rings. The van der Waals surface area contributed by atoms with Crippen LogP contribution in [0, 0.1) is 28.6 Å². The monoisotopic (exact) mass is 413 g/mol. The van der Waals surface area contributed by atoms with Crippen molar-refractivity contribution in [1.29, 1.82) is 0 Å². The van der Waals surface area contributed by atoms with Crippen molar-refractivity contribution in [3.05, 3.63) is 23.8 Å². The van der Waals surface area contributed by atoms with Gasteiger partial charge in [-0.25, -0.2) is 0 Å². The first-order valence-electron chi connectivity index (χ1n) is 11.6. The van der Waals surface area contributed by atoms with E-state index in [1.54, 1.807) is 0 Å². The van der Waals surface area contributed by atoms with Gasteiger partial charge in [-0.05, 0) is 65.5 Å². The van der Waals surface area contributed by atoms with Gasteiger partial charge in [0, 0.05) is 19.1 Å². The summed E-state index contributed by atoms with van der Waals surface area (Å²) in [7, 11) is 0. The molecule has 1 aromatic rings. The molecule has 2 aliphatic heterocycles. The Morgan fingerprint density at radius 1 is 1.17 bits per heavy atom. The first kappa shape index (κ1) is 20.2. The number of ether oxygens (including phenoxy) is 3. The molecule has 2 bridgehead atoms. The van der Waals surface area contributed by atoms with Crippen LogP contribution in [0.1, 0.15) is 65.0 Å². The molecule has 1 N–H and O–H groups in total. The summed E-state index contributed by atoms with van der Waals surface area (Å²) < 4.78 is 17.9. The van der Waals surface area contributed by atoms with E-state index in [0.717, 1.165) is 24.5 Å². The van der Waals surface area contributed by atoms with Gasteiger partial charge >= 0.3 is 0 Å². The number of carbonyl (C=O) groups excluding carboxylic acids is 1. The van der Waals surface area contributed by atoms with Crippen LogP contribution in [0.5, 0.6) is 11.5 Å². The minimum atomic E-state index is 0.0557. The smallest absolute Gasteiger partial charge is 0.220 e. The number of rotatable bonds is 4. The fourth-order valence-corrected chi connectivity index (χ4v) is 6.94. The summed E-state index contributed by atoms with van der Waals surface area (Å²) in [4.78, 5) is 12.8. The molecule has 164 valence electrons. The Balaban J connectivity index is 1.45. The van der Waals surface area contributed by atoms with E-state index in [9.17, 15) is 4.79 Å². The van der Waals surface area contributed by atoms with Crippen molar-refractivity contribution >= 4 is 5.91 Å². The molecule has 1 spiro atoms. The summed E-state index contributed by atoms with van der Waals surface area (Å²) in [6, 6.07) is 6.49. The molecule has 2 heterocycles. The lowest BCUT2D eigenvalue weighted by Gasteiger charge is -2.53. The predicted molar refractivity (Wildman–Crippen MR) is 115 cm³/mol. The average Bonchev–Trinajstić information content (AvgIpc) is 3.19. The number of amides is 1. The largest absolute Gasteiger partial charge is 0.486 e. The van der Waals surface area contributed by atoms with E-state index in [1.807, 2.05) is 6.07 Å². The van der Waals surface area contributed by atoms with Gasteiger partial charge in [-0.3, -0.25) is 4.79 Å². The molecule has 5 rings (SSSR count). The molecule has 1 saturated heterocycles. The first-order valence-corrected chi connectivity index (χ1v) is 11.6. The standard InChI is InChI=1S/C25H35NO4/c1-15(2)11-21(27)26-23-24(3,4)17-13-18-22(30-8-7-25(18,23)14-17)16-5-6-19-20(12-16)29-10-9-28-19/h5-6,12,15,17-18,22-23H,7-11,13-14H2,1-4H3,(H,26,27)/t17-,18-,22-,23-,25-/m1/s1. The zero-order valence-corrected chi connectivity index (χ0v) is 18.7. The predicted octanol–water partition coefficient (Wildman–Crippen LogP) is 4.50. The van der Waals surface area contributed by atoms with Crippen LogP contribution in [-0.2, 0) is 9.53 Å². The summed E-state index contributed by atoms with van der Waals surface area (Å²) >= 11 is 0. The van der Waals surface area contributed by atoms with E-state index in [0.29, 0.717) is 37.4 Å². The molecule has 30 heavy (non-hydrogen) atoms. The number of nitrogens with one attached hydrogen (secondary N) is 1. The van der Waals surface area contributed by atoms with Crippen LogP contribution in [0.2, 0.25) is 0 Å². The molecule has 1 aromatic carbocycles. The third-order valence-corrected chi connectivity index (χ3v) is 8.30. The van der Waals surface area contributed by atoms with Crippen molar-refractivity contribution in [1.82, 2.24) is 5.32 Å². The summed E-state index contributed by atoms with van der Waals surface area (Å²) in [5.41, 5.74) is 1.43. The molecule has 2 saturated carbocycles. The van der Waals surface area contributed by atoms with Gasteiger partial charge in [-0.15, -0.1) is 0 Å². The number of carbonyl (C=O) groups is 1. The van der Waals surface area contributed by atoms with Crippen LogP contribution in [0.3, 0.4) is 0 Å². The molecule has 0 radical (unpaired) electrons. The Bertz CT molecular complexity index is 834. The van der Waals surface area contributed by atoms with Crippen LogP contribution < -0.4 is 14.8 Å². The van der Waals surface area contributed by atoms with Crippen molar-refractivity contribution in [2.45, 2.75) is 65.5 Å². The number of hydrogen-bond donors (Lipinski definition) is 1. The third kappa shape index (κ3) is 3.04. The Labute approximate surface area is 179 Å². The van der Waals surface area contributed by atoms with Gasteiger partial charge in [0.1, 0.15) is 13.2 Å². The first-order chi connectivity index (χ1) is 14.3. The topological polar surface area (TPSA) is 56.8 Å². The third-order valence-electron chi connectivity index (χ3n) is 8.30. The van der Waals surface area contributed by atoms with Crippen molar-refractivity contribution < 1.29 is 19.0 Å².